The summed E-state index contributed by atoms with van der Waals surface area (Å²) >= 11 is 0. The molecule has 0 fully saturated rings. The molecule has 1 aromatic rings. The van der Waals surface area contributed by atoms with Gasteiger partial charge in [-0.2, -0.15) is 4.31 Å². The van der Waals surface area contributed by atoms with Gasteiger partial charge in [0.05, 0.1) is 10.5 Å². The summed E-state index contributed by atoms with van der Waals surface area (Å²) in [6.45, 7) is 9.31. The maximum absolute atomic E-state index is 12.8. The lowest BCUT2D eigenvalue weighted by atomic mass is 10.1. The summed E-state index contributed by atoms with van der Waals surface area (Å²) in [5.74, 6) is -1.12. The third kappa shape index (κ3) is 3.63. The number of hydrogen-bond acceptors (Lipinski definition) is 3. The van der Waals surface area contributed by atoms with Gasteiger partial charge in [-0.15, -0.1) is 0 Å². The van der Waals surface area contributed by atoms with Crippen molar-refractivity contribution in [2.75, 3.05) is 6.54 Å². The molecule has 1 N–H and O–H groups in total. The Morgan fingerprint density at radius 1 is 1.24 bits per heavy atom. The molecule has 0 heterocycles. The van der Waals surface area contributed by atoms with Crippen molar-refractivity contribution in [2.24, 2.45) is 0 Å². The lowest BCUT2D eigenvalue weighted by Gasteiger charge is -2.26. The van der Waals surface area contributed by atoms with Crippen LogP contribution in [-0.2, 0) is 10.0 Å². The Kier molecular flexibility index (Phi) is 5.53. The first-order chi connectivity index (χ1) is 9.62. The summed E-state index contributed by atoms with van der Waals surface area (Å²) in [4.78, 5) is 11.3. The van der Waals surface area contributed by atoms with Crippen LogP contribution < -0.4 is 0 Å². The number of carbonyl (C=O) groups is 1. The minimum Gasteiger partial charge on any atom is -0.478 e. The zero-order chi connectivity index (χ0) is 16.4. The summed E-state index contributed by atoms with van der Waals surface area (Å²) in [6, 6.07) is 2.71. The van der Waals surface area contributed by atoms with E-state index in [-0.39, 0.29) is 16.5 Å². The van der Waals surface area contributed by atoms with Crippen LogP contribution in [0.2, 0.25) is 0 Å². The fourth-order valence-electron chi connectivity index (χ4n) is 2.34. The number of aryl methyl sites for hydroxylation is 2. The summed E-state index contributed by atoms with van der Waals surface area (Å²) in [5.41, 5.74) is 1.16. The molecule has 1 rings (SSSR count). The van der Waals surface area contributed by atoms with Crippen molar-refractivity contribution >= 4 is 16.0 Å². The number of carboxylic acid groups (broad SMARTS) is 1. The second kappa shape index (κ2) is 6.58. The smallest absolute Gasteiger partial charge is 0.335 e. The van der Waals surface area contributed by atoms with Crippen LogP contribution in [-0.4, -0.2) is 36.4 Å². The van der Waals surface area contributed by atoms with E-state index in [2.05, 4.69) is 0 Å². The highest BCUT2D eigenvalue weighted by Gasteiger charge is 2.29. The van der Waals surface area contributed by atoms with Crippen LogP contribution in [0.1, 0.15) is 48.7 Å². The van der Waals surface area contributed by atoms with E-state index < -0.39 is 16.0 Å². The maximum atomic E-state index is 12.8. The van der Waals surface area contributed by atoms with Gasteiger partial charge in [0.2, 0.25) is 10.0 Å². The highest BCUT2D eigenvalue weighted by molar-refractivity contribution is 7.89. The number of nitrogens with zero attached hydrogens (tertiary/aromatic N) is 1. The molecular formula is C15H23NO4S. The first-order valence-corrected chi connectivity index (χ1v) is 8.43. The summed E-state index contributed by atoms with van der Waals surface area (Å²) in [7, 11) is -3.70. The van der Waals surface area contributed by atoms with Gasteiger partial charge in [-0.05, 0) is 51.3 Å². The second-order valence-corrected chi connectivity index (χ2v) is 7.31. The van der Waals surface area contributed by atoms with E-state index in [0.29, 0.717) is 24.1 Å². The SMILES string of the molecule is CCCN(C(C)C)S(=O)(=O)c1cc(C(=O)O)c(C)cc1C. The van der Waals surface area contributed by atoms with Crippen LogP contribution in [0.4, 0.5) is 0 Å². The molecular weight excluding hydrogens is 290 g/mol. The van der Waals surface area contributed by atoms with Crippen molar-refractivity contribution in [3.63, 3.8) is 0 Å². The monoisotopic (exact) mass is 313 g/mol. The quantitative estimate of drug-likeness (QED) is 0.876. The van der Waals surface area contributed by atoms with Crippen molar-refractivity contribution in [2.45, 2.75) is 52.0 Å². The Morgan fingerprint density at radius 2 is 1.81 bits per heavy atom. The Labute approximate surface area is 126 Å². The number of benzene rings is 1. The van der Waals surface area contributed by atoms with Crippen molar-refractivity contribution in [3.05, 3.63) is 28.8 Å². The summed E-state index contributed by atoms with van der Waals surface area (Å²) < 4.78 is 27.0. The van der Waals surface area contributed by atoms with Crippen LogP contribution in [0.15, 0.2) is 17.0 Å². The molecule has 0 aliphatic carbocycles. The van der Waals surface area contributed by atoms with Crippen molar-refractivity contribution in [1.29, 1.82) is 0 Å². The van der Waals surface area contributed by atoms with Gasteiger partial charge in [0.1, 0.15) is 0 Å². The fraction of sp³-hybridized carbons (Fsp3) is 0.533. The molecule has 0 aliphatic rings. The third-order valence-corrected chi connectivity index (χ3v) is 5.58. The zero-order valence-electron chi connectivity index (χ0n) is 13.2. The first kappa shape index (κ1) is 17.7. The Hall–Kier alpha value is -1.40. The van der Waals surface area contributed by atoms with Gasteiger partial charge in [-0.1, -0.05) is 13.0 Å². The maximum Gasteiger partial charge on any atom is 0.335 e. The molecule has 0 spiro atoms. The van der Waals surface area contributed by atoms with Crippen molar-refractivity contribution < 1.29 is 18.3 Å². The van der Waals surface area contributed by atoms with E-state index in [1.54, 1.807) is 19.9 Å². The second-order valence-electron chi connectivity index (χ2n) is 5.45. The van der Waals surface area contributed by atoms with E-state index in [1.165, 1.54) is 10.4 Å². The zero-order valence-corrected chi connectivity index (χ0v) is 14.0. The van der Waals surface area contributed by atoms with E-state index in [1.807, 2.05) is 20.8 Å². The van der Waals surface area contributed by atoms with E-state index in [4.69, 9.17) is 0 Å². The van der Waals surface area contributed by atoms with Crippen LogP contribution in [0.25, 0.3) is 0 Å². The Balaban J connectivity index is 3.50. The molecule has 5 nitrogen and oxygen atoms in total. The standard InChI is InChI=1S/C15H23NO4S/c1-6-7-16(10(2)3)21(19,20)14-9-13(15(17)18)11(4)8-12(14)5/h8-10H,6-7H2,1-5H3,(H,17,18). The summed E-state index contributed by atoms with van der Waals surface area (Å²) in [5, 5.41) is 9.19. The molecule has 6 heteroatoms. The number of carboxylic acids is 1. The molecule has 0 unspecified atom stereocenters. The van der Waals surface area contributed by atoms with Gasteiger partial charge >= 0.3 is 5.97 Å². The number of hydrogen-bond donors (Lipinski definition) is 1. The Bertz CT molecular complexity index is 635. The lowest BCUT2D eigenvalue weighted by Crippen LogP contribution is -2.38. The van der Waals surface area contributed by atoms with Gasteiger partial charge < -0.3 is 5.11 Å². The van der Waals surface area contributed by atoms with E-state index >= 15 is 0 Å². The van der Waals surface area contributed by atoms with Gasteiger partial charge in [-0.3, -0.25) is 0 Å². The van der Waals surface area contributed by atoms with Gasteiger partial charge in [-0.25, -0.2) is 13.2 Å². The number of sulfonamides is 1. The molecule has 0 aromatic heterocycles. The largest absolute Gasteiger partial charge is 0.478 e. The molecule has 0 amide bonds. The molecule has 0 radical (unpaired) electrons. The predicted molar refractivity (Wildman–Crippen MR) is 82.2 cm³/mol. The molecule has 0 aliphatic heterocycles. The normalized spacial score (nSPS) is 12.1. The molecule has 0 atom stereocenters. The highest BCUT2D eigenvalue weighted by atomic mass is 32.2. The average Bonchev–Trinajstić information content (AvgIpc) is 2.34. The highest BCUT2D eigenvalue weighted by Crippen LogP contribution is 2.25. The predicted octanol–water partition coefficient (Wildman–Crippen LogP) is 2.81. The van der Waals surface area contributed by atoms with Gasteiger partial charge in [0, 0.05) is 12.6 Å². The van der Waals surface area contributed by atoms with Gasteiger partial charge in [0.15, 0.2) is 0 Å². The van der Waals surface area contributed by atoms with Crippen LogP contribution in [0.5, 0.6) is 0 Å². The van der Waals surface area contributed by atoms with Crippen molar-refractivity contribution in [3.8, 4) is 0 Å². The minimum atomic E-state index is -3.70. The van der Waals surface area contributed by atoms with Crippen molar-refractivity contribution in [1.82, 2.24) is 4.31 Å². The fourth-order valence-corrected chi connectivity index (χ4v) is 4.31. The van der Waals surface area contributed by atoms with Crippen LogP contribution >= 0.6 is 0 Å². The van der Waals surface area contributed by atoms with E-state index in [0.717, 1.165) is 0 Å². The topological polar surface area (TPSA) is 74.7 Å². The van der Waals surface area contributed by atoms with Crippen LogP contribution in [0.3, 0.4) is 0 Å². The molecule has 21 heavy (non-hydrogen) atoms. The van der Waals surface area contributed by atoms with Crippen LogP contribution in [0, 0.1) is 13.8 Å². The molecule has 1 aromatic carbocycles. The first-order valence-electron chi connectivity index (χ1n) is 6.99. The number of rotatable bonds is 6. The van der Waals surface area contributed by atoms with Gasteiger partial charge in [0.25, 0.3) is 0 Å². The Morgan fingerprint density at radius 3 is 2.24 bits per heavy atom. The minimum absolute atomic E-state index is 0.0272. The van der Waals surface area contributed by atoms with E-state index in [9.17, 15) is 18.3 Å². The molecule has 0 bridgehead atoms. The molecule has 0 saturated carbocycles. The molecule has 0 saturated heterocycles. The average molecular weight is 313 g/mol. The lowest BCUT2D eigenvalue weighted by molar-refractivity contribution is 0.0696. The summed E-state index contributed by atoms with van der Waals surface area (Å²) in [6.07, 6.45) is 0.702. The number of aromatic carboxylic acids is 1. The molecule has 118 valence electrons. The third-order valence-electron chi connectivity index (χ3n) is 3.36.